The fourth-order valence-electron chi connectivity index (χ4n) is 4.63. The summed E-state index contributed by atoms with van der Waals surface area (Å²) in [6, 6.07) is 10.2. The molecule has 6 heteroatoms. The van der Waals surface area contributed by atoms with Gasteiger partial charge in [0, 0.05) is 37.0 Å². The predicted molar refractivity (Wildman–Crippen MR) is 93.2 cm³/mol. The summed E-state index contributed by atoms with van der Waals surface area (Å²) in [6.07, 6.45) is 3.02. The Kier molecular flexibility index (Phi) is 4.03. The minimum absolute atomic E-state index is 0. The maximum atomic E-state index is 6.31. The summed E-state index contributed by atoms with van der Waals surface area (Å²) in [5, 5.41) is 10.3. The first kappa shape index (κ1) is 15.4. The summed E-state index contributed by atoms with van der Waals surface area (Å²) < 4.78 is 6.31. The van der Waals surface area contributed by atoms with Crippen LogP contribution in [-0.4, -0.2) is 40.8 Å². The van der Waals surface area contributed by atoms with Crippen LogP contribution in [0.25, 0.3) is 10.6 Å². The summed E-state index contributed by atoms with van der Waals surface area (Å²) in [6.45, 7) is 3.74. The van der Waals surface area contributed by atoms with Crippen molar-refractivity contribution >= 4 is 23.7 Å². The normalized spacial score (nSPS) is 34.2. The topological polar surface area (TPSA) is 38.3 Å². The highest BCUT2D eigenvalue weighted by atomic mass is 35.5. The van der Waals surface area contributed by atoms with Gasteiger partial charge in [0.25, 0.3) is 5.19 Å². The molecule has 0 radical (unpaired) electrons. The van der Waals surface area contributed by atoms with Crippen LogP contribution in [-0.2, 0) is 0 Å². The maximum absolute atomic E-state index is 6.31. The molecule has 1 aromatic heterocycles. The van der Waals surface area contributed by atoms with Gasteiger partial charge in [-0.2, -0.15) is 0 Å². The lowest BCUT2D eigenvalue weighted by molar-refractivity contribution is -0.0986. The fourth-order valence-corrected chi connectivity index (χ4v) is 5.37. The second kappa shape index (κ2) is 6.04. The number of piperidine rings is 3. The molecule has 3 saturated heterocycles. The molecule has 6 rings (SSSR count). The number of rotatable bonds is 3. The van der Waals surface area contributed by atoms with Crippen molar-refractivity contribution < 1.29 is 4.74 Å². The number of benzene rings is 1. The van der Waals surface area contributed by atoms with Crippen molar-refractivity contribution in [3.63, 3.8) is 0 Å². The Bertz CT molecular complexity index is 649. The SMILES string of the molecule is Cl.c1ccc(-c2nnc(OC3[C@H]4CC5C[C@H]3CN(C5)C4)s2)cc1. The number of nitrogens with zero attached hydrogens (tertiary/aromatic N) is 3. The van der Waals surface area contributed by atoms with Gasteiger partial charge in [-0.15, -0.1) is 17.5 Å². The molecule has 4 aliphatic rings. The van der Waals surface area contributed by atoms with Gasteiger partial charge in [-0.05, 0) is 18.8 Å². The van der Waals surface area contributed by atoms with E-state index in [1.165, 1.54) is 32.5 Å². The van der Waals surface area contributed by atoms with Crippen LogP contribution in [0.5, 0.6) is 5.19 Å². The molecule has 1 aromatic carbocycles. The third kappa shape index (κ3) is 2.75. The Morgan fingerprint density at radius 3 is 2.43 bits per heavy atom. The molecule has 2 aromatic rings. The highest BCUT2D eigenvalue weighted by Crippen LogP contribution is 2.45. The van der Waals surface area contributed by atoms with Gasteiger partial charge in [0.2, 0.25) is 0 Å². The van der Waals surface area contributed by atoms with E-state index in [0.717, 1.165) is 21.7 Å². The quantitative estimate of drug-likeness (QED) is 0.851. The van der Waals surface area contributed by atoms with Crippen LogP contribution in [0, 0.1) is 17.8 Å². The van der Waals surface area contributed by atoms with Crippen LogP contribution < -0.4 is 4.74 Å². The average molecular weight is 350 g/mol. The molecule has 0 N–H and O–H groups in total. The first-order valence-corrected chi connectivity index (χ1v) is 8.95. The Hall–Kier alpha value is -1.17. The van der Waals surface area contributed by atoms with Gasteiger partial charge in [-0.1, -0.05) is 46.8 Å². The summed E-state index contributed by atoms with van der Waals surface area (Å²) in [4.78, 5) is 2.63. The van der Waals surface area contributed by atoms with Crippen LogP contribution in [0.2, 0.25) is 0 Å². The zero-order valence-corrected chi connectivity index (χ0v) is 14.4. The number of aromatic nitrogens is 2. The first-order chi connectivity index (χ1) is 10.8. The largest absolute Gasteiger partial charge is 0.465 e. The number of ether oxygens (including phenoxy) is 1. The van der Waals surface area contributed by atoms with E-state index in [2.05, 4.69) is 27.2 Å². The zero-order chi connectivity index (χ0) is 14.5. The molecular weight excluding hydrogens is 330 g/mol. The summed E-state index contributed by atoms with van der Waals surface area (Å²) in [5.74, 6) is 2.29. The standard InChI is InChI=1S/C17H19N3OS.ClH/c1-2-4-12(5-3-1)16-18-19-17(22-16)21-15-13-6-11-7-14(15)10-20(8-11)9-13;/h1-5,11,13-15H,6-10H2;1H/t11?,13-,14-,15?;/m0./s1. The Labute approximate surface area is 146 Å². The molecule has 4 nitrogen and oxygen atoms in total. The molecule has 0 spiro atoms. The van der Waals surface area contributed by atoms with Crippen molar-refractivity contribution in [3.8, 4) is 15.8 Å². The summed E-state index contributed by atoms with van der Waals surface area (Å²) >= 11 is 1.57. The smallest absolute Gasteiger partial charge is 0.294 e. The molecule has 4 bridgehead atoms. The molecule has 0 unspecified atom stereocenters. The predicted octanol–water partition coefficient (Wildman–Crippen LogP) is 3.35. The van der Waals surface area contributed by atoms with Crippen LogP contribution in [0.4, 0.5) is 0 Å². The number of hydrogen-bond acceptors (Lipinski definition) is 5. The number of halogens is 1. The van der Waals surface area contributed by atoms with E-state index >= 15 is 0 Å². The zero-order valence-electron chi connectivity index (χ0n) is 12.8. The van der Waals surface area contributed by atoms with Gasteiger partial charge < -0.3 is 9.64 Å². The van der Waals surface area contributed by atoms with E-state index < -0.39 is 0 Å². The van der Waals surface area contributed by atoms with E-state index in [0.29, 0.717) is 17.9 Å². The molecule has 2 atom stereocenters. The maximum Gasteiger partial charge on any atom is 0.294 e. The molecule has 122 valence electrons. The molecule has 3 aliphatic heterocycles. The summed E-state index contributed by atoms with van der Waals surface area (Å²) in [5.41, 5.74) is 1.12. The molecule has 23 heavy (non-hydrogen) atoms. The second-order valence-corrected chi connectivity index (χ2v) is 7.84. The molecule has 4 fully saturated rings. The van der Waals surface area contributed by atoms with Gasteiger partial charge >= 0.3 is 0 Å². The highest BCUT2D eigenvalue weighted by Gasteiger charge is 2.49. The van der Waals surface area contributed by atoms with Gasteiger partial charge in [-0.25, -0.2) is 0 Å². The van der Waals surface area contributed by atoms with Gasteiger partial charge in [0.15, 0.2) is 5.01 Å². The van der Waals surface area contributed by atoms with Gasteiger partial charge in [0.1, 0.15) is 6.10 Å². The second-order valence-electron chi connectivity index (χ2n) is 6.90. The Morgan fingerprint density at radius 2 is 1.74 bits per heavy atom. The van der Waals surface area contributed by atoms with Crippen LogP contribution in [0.1, 0.15) is 12.8 Å². The van der Waals surface area contributed by atoms with Crippen molar-refractivity contribution in [2.45, 2.75) is 18.9 Å². The van der Waals surface area contributed by atoms with Crippen molar-refractivity contribution in [1.29, 1.82) is 0 Å². The molecule has 1 saturated carbocycles. The third-order valence-electron chi connectivity index (χ3n) is 5.37. The van der Waals surface area contributed by atoms with Crippen LogP contribution in [0.15, 0.2) is 30.3 Å². The fraction of sp³-hybridized carbons (Fsp3) is 0.529. The van der Waals surface area contributed by atoms with Gasteiger partial charge in [0.05, 0.1) is 0 Å². The van der Waals surface area contributed by atoms with Crippen LogP contribution in [0.3, 0.4) is 0 Å². The van der Waals surface area contributed by atoms with Crippen LogP contribution >= 0.6 is 23.7 Å². The van der Waals surface area contributed by atoms with Crippen molar-refractivity contribution in [2.24, 2.45) is 17.8 Å². The minimum atomic E-state index is 0. The summed E-state index contributed by atoms with van der Waals surface area (Å²) in [7, 11) is 0. The molecule has 0 amide bonds. The first-order valence-electron chi connectivity index (χ1n) is 8.13. The van der Waals surface area contributed by atoms with E-state index in [-0.39, 0.29) is 12.4 Å². The molecule has 4 heterocycles. The third-order valence-corrected chi connectivity index (χ3v) is 6.23. The number of hydrogen-bond donors (Lipinski definition) is 0. The van der Waals surface area contributed by atoms with Crippen molar-refractivity contribution in [3.05, 3.63) is 30.3 Å². The van der Waals surface area contributed by atoms with Crippen molar-refractivity contribution in [2.75, 3.05) is 19.6 Å². The lowest BCUT2D eigenvalue weighted by Crippen LogP contribution is -2.61. The molecular formula is C17H20ClN3OS. The monoisotopic (exact) mass is 349 g/mol. The van der Waals surface area contributed by atoms with Crippen molar-refractivity contribution in [1.82, 2.24) is 15.1 Å². The minimum Gasteiger partial charge on any atom is -0.465 e. The average Bonchev–Trinajstić information content (AvgIpc) is 3.00. The van der Waals surface area contributed by atoms with E-state index in [9.17, 15) is 0 Å². The van der Waals surface area contributed by atoms with Gasteiger partial charge in [-0.3, -0.25) is 0 Å². The highest BCUT2D eigenvalue weighted by molar-refractivity contribution is 7.16. The Balaban J connectivity index is 0.00000135. The lowest BCUT2D eigenvalue weighted by Gasteiger charge is -2.54. The lowest BCUT2D eigenvalue weighted by atomic mass is 9.66. The van der Waals surface area contributed by atoms with E-state index in [1.54, 1.807) is 11.3 Å². The van der Waals surface area contributed by atoms with E-state index in [4.69, 9.17) is 4.74 Å². The van der Waals surface area contributed by atoms with E-state index in [1.807, 2.05) is 18.2 Å². The molecule has 1 aliphatic carbocycles. The Morgan fingerprint density at radius 1 is 1.00 bits per heavy atom.